The standard InChI is InChI=1S/C19H26ClFN6.HI/c1-4-22-18(26-14-6-8-17-24-12-25-27(17)10-14)23-11-19(2,3)15-7-5-13(21)9-16(15)20;/h5,7,9,12,14H,4,6,8,10-11H2,1-3H3,(H2,22,23,26);1H. The number of hydrogen-bond donors (Lipinski definition) is 2. The van der Waals surface area contributed by atoms with Gasteiger partial charge in [0.25, 0.3) is 0 Å². The average molecular weight is 521 g/mol. The minimum atomic E-state index is -0.331. The largest absolute Gasteiger partial charge is 0.357 e. The third kappa shape index (κ3) is 5.56. The SMILES string of the molecule is CCNC(=NCC(C)(C)c1ccc(F)cc1Cl)NC1CCc2ncnn2C1.I. The lowest BCUT2D eigenvalue weighted by Crippen LogP contribution is -2.47. The number of hydrogen-bond acceptors (Lipinski definition) is 3. The predicted molar refractivity (Wildman–Crippen MR) is 121 cm³/mol. The van der Waals surface area contributed by atoms with E-state index >= 15 is 0 Å². The van der Waals surface area contributed by atoms with E-state index in [0.717, 1.165) is 43.3 Å². The quantitative estimate of drug-likeness (QED) is 0.360. The van der Waals surface area contributed by atoms with Crippen LogP contribution in [0.4, 0.5) is 4.39 Å². The highest BCUT2D eigenvalue weighted by Gasteiger charge is 2.25. The average Bonchev–Trinajstić information content (AvgIpc) is 3.07. The lowest BCUT2D eigenvalue weighted by molar-refractivity contribution is 0.392. The van der Waals surface area contributed by atoms with Gasteiger partial charge in [-0.25, -0.2) is 14.1 Å². The van der Waals surface area contributed by atoms with Gasteiger partial charge in [0.2, 0.25) is 0 Å². The molecule has 154 valence electrons. The van der Waals surface area contributed by atoms with Gasteiger partial charge in [-0.15, -0.1) is 24.0 Å². The number of guanidine groups is 1. The molecular formula is C19H27ClFIN6. The summed E-state index contributed by atoms with van der Waals surface area (Å²) >= 11 is 6.25. The van der Waals surface area contributed by atoms with Crippen LogP contribution < -0.4 is 10.6 Å². The summed E-state index contributed by atoms with van der Waals surface area (Å²) in [4.78, 5) is 9.02. The number of nitrogens with zero attached hydrogens (tertiary/aromatic N) is 4. The van der Waals surface area contributed by atoms with E-state index in [0.29, 0.717) is 11.6 Å². The van der Waals surface area contributed by atoms with Crippen molar-refractivity contribution in [2.45, 2.75) is 51.6 Å². The Morgan fingerprint density at radius 2 is 2.21 bits per heavy atom. The van der Waals surface area contributed by atoms with E-state index in [2.05, 4.69) is 34.6 Å². The molecule has 0 bridgehead atoms. The Labute approximate surface area is 187 Å². The molecule has 0 saturated carbocycles. The Hall–Kier alpha value is -1.42. The summed E-state index contributed by atoms with van der Waals surface area (Å²) in [5.74, 6) is 1.46. The molecule has 1 unspecified atom stereocenters. The van der Waals surface area contributed by atoms with Crippen molar-refractivity contribution in [2.24, 2.45) is 4.99 Å². The molecule has 2 aromatic rings. The number of halogens is 3. The van der Waals surface area contributed by atoms with Crippen molar-refractivity contribution < 1.29 is 4.39 Å². The first kappa shape index (κ1) is 22.9. The molecule has 3 rings (SSSR count). The molecule has 2 heterocycles. The van der Waals surface area contributed by atoms with Gasteiger partial charge in [-0.05, 0) is 31.0 Å². The number of nitrogens with one attached hydrogen (secondary N) is 2. The topological polar surface area (TPSA) is 67.1 Å². The van der Waals surface area contributed by atoms with Crippen molar-refractivity contribution in [3.8, 4) is 0 Å². The van der Waals surface area contributed by atoms with Crippen molar-refractivity contribution in [3.05, 3.63) is 46.8 Å². The fraction of sp³-hybridized carbons (Fsp3) is 0.526. The molecular weight excluding hydrogens is 494 g/mol. The zero-order valence-corrected chi connectivity index (χ0v) is 19.5. The van der Waals surface area contributed by atoms with Crippen LogP contribution in [-0.2, 0) is 18.4 Å². The van der Waals surface area contributed by atoms with Crippen molar-refractivity contribution >= 4 is 41.5 Å². The van der Waals surface area contributed by atoms with E-state index in [4.69, 9.17) is 16.6 Å². The molecule has 0 aliphatic carbocycles. The molecule has 1 atom stereocenters. The minimum absolute atomic E-state index is 0. The molecule has 0 saturated heterocycles. The van der Waals surface area contributed by atoms with Crippen LogP contribution >= 0.6 is 35.6 Å². The summed E-state index contributed by atoms with van der Waals surface area (Å²) in [6.07, 6.45) is 3.48. The second-order valence-corrected chi connectivity index (χ2v) is 7.85. The highest BCUT2D eigenvalue weighted by Crippen LogP contribution is 2.30. The Bertz CT molecular complexity index is 823. The summed E-state index contributed by atoms with van der Waals surface area (Å²) in [7, 11) is 0. The van der Waals surface area contributed by atoms with Crippen LogP contribution in [0.1, 0.15) is 38.6 Å². The second-order valence-electron chi connectivity index (χ2n) is 7.44. The first-order chi connectivity index (χ1) is 12.9. The predicted octanol–water partition coefficient (Wildman–Crippen LogP) is 3.54. The Balaban J connectivity index is 0.00000280. The molecule has 28 heavy (non-hydrogen) atoms. The third-order valence-electron chi connectivity index (χ3n) is 4.78. The molecule has 1 aliphatic rings. The van der Waals surface area contributed by atoms with Gasteiger partial charge in [-0.1, -0.05) is 31.5 Å². The maximum Gasteiger partial charge on any atom is 0.191 e. The Morgan fingerprint density at radius 3 is 2.93 bits per heavy atom. The molecule has 1 aromatic carbocycles. The number of aliphatic imine (C=N–C) groups is 1. The van der Waals surface area contributed by atoms with E-state index in [-0.39, 0.29) is 41.3 Å². The Kier molecular flexibility index (Phi) is 8.06. The highest BCUT2D eigenvalue weighted by molar-refractivity contribution is 14.0. The summed E-state index contributed by atoms with van der Waals surface area (Å²) in [5.41, 5.74) is 0.564. The van der Waals surface area contributed by atoms with Gasteiger partial charge in [0.1, 0.15) is 18.0 Å². The monoisotopic (exact) mass is 520 g/mol. The van der Waals surface area contributed by atoms with Gasteiger partial charge in [-0.3, -0.25) is 4.99 Å². The fourth-order valence-corrected chi connectivity index (χ4v) is 3.69. The van der Waals surface area contributed by atoms with Crippen LogP contribution in [0.2, 0.25) is 5.02 Å². The van der Waals surface area contributed by atoms with Crippen molar-refractivity contribution in [3.63, 3.8) is 0 Å². The van der Waals surface area contributed by atoms with Gasteiger partial charge in [0, 0.05) is 29.4 Å². The molecule has 1 aromatic heterocycles. The van der Waals surface area contributed by atoms with Crippen LogP contribution in [0.25, 0.3) is 0 Å². The van der Waals surface area contributed by atoms with Gasteiger partial charge < -0.3 is 10.6 Å². The van der Waals surface area contributed by atoms with Crippen LogP contribution in [-0.4, -0.2) is 39.9 Å². The minimum Gasteiger partial charge on any atom is -0.357 e. The van der Waals surface area contributed by atoms with E-state index in [1.54, 1.807) is 12.4 Å². The molecule has 0 fully saturated rings. The number of aromatic nitrogens is 3. The molecule has 9 heteroatoms. The van der Waals surface area contributed by atoms with Crippen LogP contribution in [0.15, 0.2) is 29.5 Å². The van der Waals surface area contributed by atoms with Gasteiger partial charge in [0.15, 0.2) is 5.96 Å². The summed E-state index contributed by atoms with van der Waals surface area (Å²) in [6, 6.07) is 4.77. The highest BCUT2D eigenvalue weighted by atomic mass is 127. The lowest BCUT2D eigenvalue weighted by atomic mass is 9.84. The summed E-state index contributed by atoms with van der Waals surface area (Å²) in [6.45, 7) is 8.21. The first-order valence-corrected chi connectivity index (χ1v) is 9.64. The second kappa shape index (κ2) is 9.87. The maximum atomic E-state index is 13.3. The molecule has 6 nitrogen and oxygen atoms in total. The molecule has 0 radical (unpaired) electrons. The van der Waals surface area contributed by atoms with Gasteiger partial charge in [0.05, 0.1) is 13.1 Å². The number of benzene rings is 1. The zero-order valence-electron chi connectivity index (χ0n) is 16.4. The van der Waals surface area contributed by atoms with Gasteiger partial charge in [-0.2, -0.15) is 5.10 Å². The smallest absolute Gasteiger partial charge is 0.191 e. The van der Waals surface area contributed by atoms with E-state index < -0.39 is 0 Å². The van der Waals surface area contributed by atoms with E-state index in [9.17, 15) is 4.39 Å². The molecule has 0 amide bonds. The lowest BCUT2D eigenvalue weighted by Gasteiger charge is -2.27. The molecule has 0 spiro atoms. The van der Waals surface area contributed by atoms with Crippen molar-refractivity contribution in [1.29, 1.82) is 0 Å². The summed E-state index contributed by atoms with van der Waals surface area (Å²) in [5, 5.41) is 11.5. The number of rotatable bonds is 5. The fourth-order valence-electron chi connectivity index (χ4n) is 3.27. The van der Waals surface area contributed by atoms with Crippen LogP contribution in [0.5, 0.6) is 0 Å². The van der Waals surface area contributed by atoms with Crippen molar-refractivity contribution in [2.75, 3.05) is 13.1 Å². The molecule has 2 N–H and O–H groups in total. The van der Waals surface area contributed by atoms with Gasteiger partial charge >= 0.3 is 0 Å². The van der Waals surface area contributed by atoms with Crippen LogP contribution in [0, 0.1) is 5.82 Å². The van der Waals surface area contributed by atoms with Crippen molar-refractivity contribution in [1.82, 2.24) is 25.4 Å². The number of aryl methyl sites for hydroxylation is 1. The van der Waals surface area contributed by atoms with Crippen LogP contribution in [0.3, 0.4) is 0 Å². The maximum absolute atomic E-state index is 13.3. The van der Waals surface area contributed by atoms with E-state index in [1.807, 2.05) is 11.6 Å². The zero-order chi connectivity index (χ0) is 19.4. The third-order valence-corrected chi connectivity index (χ3v) is 5.10. The normalized spacial score (nSPS) is 16.9. The first-order valence-electron chi connectivity index (χ1n) is 9.26. The molecule has 1 aliphatic heterocycles. The summed E-state index contributed by atoms with van der Waals surface area (Å²) < 4.78 is 15.3. The van der Waals surface area contributed by atoms with E-state index in [1.165, 1.54) is 12.1 Å². The number of fused-ring (bicyclic) bond motifs is 1. The Morgan fingerprint density at radius 1 is 1.43 bits per heavy atom.